The molecule has 37 heavy (non-hydrogen) atoms. The van der Waals surface area contributed by atoms with E-state index in [2.05, 4.69) is 25.8 Å². The number of aromatic nitrogens is 1. The lowest BCUT2D eigenvalue weighted by Gasteiger charge is -2.22. The van der Waals surface area contributed by atoms with Crippen LogP contribution in [0.4, 0.5) is 0 Å². The third-order valence-electron chi connectivity index (χ3n) is 4.22. The average Bonchev–Trinajstić information content (AvgIpc) is 2.79. The molecule has 0 aliphatic rings. The van der Waals surface area contributed by atoms with E-state index in [4.69, 9.17) is 41.4 Å². The normalized spacial score (nSPS) is 10.9. The molecular weight excluding hydrogens is 504 g/mol. The molecule has 0 bridgehead atoms. The number of rotatable bonds is 7. The molecule has 2 aromatic rings. The lowest BCUT2D eigenvalue weighted by Crippen LogP contribution is -2.20. The van der Waals surface area contributed by atoms with Gasteiger partial charge >= 0.3 is 11.9 Å². The molecule has 2 rings (SSSR count). The van der Waals surface area contributed by atoms with E-state index in [1.165, 1.54) is 45.5 Å². The zero-order chi connectivity index (χ0) is 28.8. The number of phenols is 1. The minimum atomic E-state index is -0.787. The van der Waals surface area contributed by atoms with Gasteiger partial charge in [-0.25, -0.2) is 4.98 Å². The molecule has 1 atom stereocenters. The summed E-state index contributed by atoms with van der Waals surface area (Å²) in [6.45, 7) is 11.4. The smallest absolute Gasteiger partial charge is 0.308 e. The highest BCUT2D eigenvalue weighted by atomic mass is 35.5. The first-order chi connectivity index (χ1) is 17.1. The first-order valence-electron chi connectivity index (χ1n) is 11.4. The molecule has 0 aliphatic carbocycles. The van der Waals surface area contributed by atoms with Crippen molar-refractivity contribution in [3.63, 3.8) is 0 Å². The van der Waals surface area contributed by atoms with Gasteiger partial charge in [0.05, 0.1) is 25.3 Å². The van der Waals surface area contributed by atoms with Crippen LogP contribution >= 0.6 is 11.6 Å². The van der Waals surface area contributed by atoms with Crippen molar-refractivity contribution < 1.29 is 38.4 Å². The number of hydrogen-bond donors (Lipinski definition) is 2. The number of primary amides is 1. The number of pyridine rings is 1. The molecule has 3 N–H and O–H groups in total. The van der Waals surface area contributed by atoms with Crippen LogP contribution in [0.2, 0.25) is 5.02 Å². The van der Waals surface area contributed by atoms with Crippen LogP contribution in [0.15, 0.2) is 30.5 Å². The first kappa shape index (κ1) is 33.5. The fraction of sp³-hybridized carbons (Fsp3) is 0.462. The minimum absolute atomic E-state index is 0.0393. The topological polar surface area (TPSA) is 147 Å². The van der Waals surface area contributed by atoms with Crippen molar-refractivity contribution in [2.75, 3.05) is 14.2 Å². The Labute approximate surface area is 223 Å². The maximum atomic E-state index is 11.0. The molecule has 1 aromatic carbocycles. The summed E-state index contributed by atoms with van der Waals surface area (Å²) in [6.07, 6.45) is 2.76. The summed E-state index contributed by atoms with van der Waals surface area (Å²) in [5.41, 5.74) is 5.16. The van der Waals surface area contributed by atoms with Gasteiger partial charge in [0.15, 0.2) is 11.4 Å². The Morgan fingerprint density at radius 3 is 2.14 bits per heavy atom. The number of carbonyl (C=O) groups is 3. The van der Waals surface area contributed by atoms with Gasteiger partial charge in [0.2, 0.25) is 5.75 Å². The van der Waals surface area contributed by atoms with E-state index >= 15 is 0 Å². The van der Waals surface area contributed by atoms with Gasteiger partial charge in [-0.3, -0.25) is 14.4 Å². The second-order valence-corrected chi connectivity index (χ2v) is 9.29. The van der Waals surface area contributed by atoms with Crippen LogP contribution < -0.4 is 19.9 Å². The summed E-state index contributed by atoms with van der Waals surface area (Å²) in [7, 11) is 2.88. The minimum Gasteiger partial charge on any atom is -0.508 e. The molecule has 0 radical (unpaired) electrons. The summed E-state index contributed by atoms with van der Waals surface area (Å²) < 4.78 is 19.7. The first-order valence-corrected chi connectivity index (χ1v) is 11.8. The molecule has 206 valence electrons. The molecule has 10 nitrogen and oxygen atoms in total. The van der Waals surface area contributed by atoms with Crippen molar-refractivity contribution in [1.82, 2.24) is 4.98 Å². The molecule has 1 unspecified atom stereocenters. The quantitative estimate of drug-likeness (QED) is 0.466. The Kier molecular flexibility index (Phi) is 14.7. The van der Waals surface area contributed by atoms with Crippen molar-refractivity contribution in [3.8, 4) is 23.0 Å². The number of nitrogens with zero attached hydrogens (tertiary/aromatic N) is 1. The van der Waals surface area contributed by atoms with Gasteiger partial charge in [-0.15, -0.1) is 0 Å². The van der Waals surface area contributed by atoms with Crippen LogP contribution in [-0.4, -0.2) is 48.3 Å². The number of esters is 2. The van der Waals surface area contributed by atoms with E-state index in [9.17, 15) is 14.4 Å². The molecule has 1 amide bonds. The van der Waals surface area contributed by atoms with Crippen LogP contribution in [0.25, 0.3) is 0 Å². The Hall–Kier alpha value is -3.53. The molecule has 11 heteroatoms. The van der Waals surface area contributed by atoms with Crippen LogP contribution in [-0.2, 0) is 14.3 Å². The molecule has 0 spiro atoms. The number of benzene rings is 1. The van der Waals surface area contributed by atoms with Gasteiger partial charge in [-0.05, 0) is 30.9 Å². The van der Waals surface area contributed by atoms with Crippen molar-refractivity contribution >= 4 is 29.4 Å². The van der Waals surface area contributed by atoms with Crippen LogP contribution in [0.5, 0.6) is 23.0 Å². The summed E-state index contributed by atoms with van der Waals surface area (Å²) in [5.74, 6) is -0.655. The van der Waals surface area contributed by atoms with E-state index in [0.29, 0.717) is 17.2 Å². The second-order valence-electron chi connectivity index (χ2n) is 8.89. The number of aromatic hydroxyl groups is 1. The van der Waals surface area contributed by atoms with Crippen LogP contribution in [0.1, 0.15) is 64.9 Å². The lowest BCUT2D eigenvalue weighted by atomic mass is 9.90. The zero-order valence-electron chi connectivity index (χ0n) is 22.6. The zero-order valence-corrected chi connectivity index (χ0v) is 23.3. The van der Waals surface area contributed by atoms with Crippen LogP contribution in [0.3, 0.4) is 0 Å². The van der Waals surface area contributed by atoms with E-state index < -0.39 is 11.9 Å². The highest BCUT2D eigenvalue weighted by Crippen LogP contribution is 2.29. The summed E-state index contributed by atoms with van der Waals surface area (Å²) in [6, 6.07) is 6.01. The summed E-state index contributed by atoms with van der Waals surface area (Å²) in [5, 5.41) is 9.43. The van der Waals surface area contributed by atoms with E-state index in [-0.39, 0.29) is 40.4 Å². The van der Waals surface area contributed by atoms with Crippen molar-refractivity contribution in [3.05, 3.63) is 41.2 Å². The molecule has 0 fully saturated rings. The van der Waals surface area contributed by atoms with E-state index in [1.54, 1.807) is 6.07 Å². The fourth-order valence-electron chi connectivity index (χ4n) is 2.87. The second kappa shape index (κ2) is 16.3. The van der Waals surface area contributed by atoms with Gasteiger partial charge in [0.1, 0.15) is 11.5 Å². The average molecular weight is 541 g/mol. The Morgan fingerprint density at radius 1 is 1.11 bits per heavy atom. The predicted molar refractivity (Wildman–Crippen MR) is 140 cm³/mol. The summed E-state index contributed by atoms with van der Waals surface area (Å²) >= 11 is 5.66. The number of hydrogen-bond acceptors (Lipinski definition) is 9. The molecule has 1 heterocycles. The van der Waals surface area contributed by atoms with Gasteiger partial charge < -0.3 is 29.8 Å². The van der Waals surface area contributed by atoms with Crippen molar-refractivity contribution in [1.29, 1.82) is 0 Å². The summed E-state index contributed by atoms with van der Waals surface area (Å²) in [4.78, 5) is 36.4. The predicted octanol–water partition coefficient (Wildman–Crippen LogP) is 4.93. The third-order valence-corrected chi connectivity index (χ3v) is 4.54. The fourth-order valence-corrected chi connectivity index (χ4v) is 3.06. The third kappa shape index (κ3) is 14.0. The SMILES string of the molecule is CCC(=O)OC(C)CC(C)(C)C.COc1cc(O)ccc1Cl.COc1ccnc(C(N)=O)c1OC(C)=O. The van der Waals surface area contributed by atoms with Crippen molar-refractivity contribution in [2.45, 2.75) is 60.5 Å². The molecule has 0 saturated heterocycles. The Balaban J connectivity index is 0.000000537. The molecular formula is C26H37ClN2O8. The molecule has 0 saturated carbocycles. The van der Waals surface area contributed by atoms with E-state index in [1.807, 2.05) is 13.8 Å². The standard InChI is InChI=1S/C10H20O2.C9H10N2O4.C7H7ClO2/c1-6-9(11)12-8(2)7-10(3,4)5;1-5(12)15-8-6(14-2)3-4-11-7(8)9(10)13;1-10-7-4-5(9)2-3-6(7)8/h8H,6-7H2,1-5H3;3-4H,1-2H3,(H2,10,13);2-4,9H,1H3. The number of methoxy groups -OCH3 is 2. The van der Waals surface area contributed by atoms with Gasteiger partial charge in [-0.1, -0.05) is 39.3 Å². The number of carbonyl (C=O) groups excluding carboxylic acids is 3. The van der Waals surface area contributed by atoms with Gasteiger partial charge in [0.25, 0.3) is 5.91 Å². The Morgan fingerprint density at radius 2 is 1.70 bits per heavy atom. The molecule has 1 aromatic heterocycles. The van der Waals surface area contributed by atoms with E-state index in [0.717, 1.165) is 6.42 Å². The Bertz CT molecular complexity index is 1040. The monoisotopic (exact) mass is 540 g/mol. The van der Waals surface area contributed by atoms with Gasteiger partial charge in [0, 0.05) is 31.7 Å². The number of ether oxygens (including phenoxy) is 4. The maximum absolute atomic E-state index is 11.0. The lowest BCUT2D eigenvalue weighted by molar-refractivity contribution is -0.149. The highest BCUT2D eigenvalue weighted by Gasteiger charge is 2.18. The van der Waals surface area contributed by atoms with Gasteiger partial charge in [-0.2, -0.15) is 0 Å². The number of nitrogens with two attached hydrogens (primary N) is 1. The number of halogens is 1. The van der Waals surface area contributed by atoms with Crippen LogP contribution in [0, 0.1) is 5.41 Å². The molecule has 0 aliphatic heterocycles. The largest absolute Gasteiger partial charge is 0.508 e. The number of phenolic OH excluding ortho intramolecular Hbond substituents is 1. The highest BCUT2D eigenvalue weighted by molar-refractivity contribution is 6.32. The maximum Gasteiger partial charge on any atom is 0.308 e. The van der Waals surface area contributed by atoms with Crippen molar-refractivity contribution in [2.24, 2.45) is 11.1 Å². The number of amides is 1.